The molecule has 0 radical (unpaired) electrons. The first kappa shape index (κ1) is 20.2. The van der Waals surface area contributed by atoms with Crippen molar-refractivity contribution in [1.29, 1.82) is 0 Å². The van der Waals surface area contributed by atoms with E-state index >= 15 is 0 Å². The molecule has 9 heteroatoms. The van der Waals surface area contributed by atoms with Crippen LogP contribution < -0.4 is 5.32 Å². The van der Waals surface area contributed by atoms with Crippen molar-refractivity contribution in [1.82, 2.24) is 9.80 Å². The van der Waals surface area contributed by atoms with Crippen molar-refractivity contribution in [3.63, 3.8) is 0 Å². The summed E-state index contributed by atoms with van der Waals surface area (Å²) in [5.74, 6) is -0.599. The van der Waals surface area contributed by atoms with Crippen LogP contribution >= 0.6 is 22.6 Å². The summed E-state index contributed by atoms with van der Waals surface area (Å²) in [7, 11) is 0. The van der Waals surface area contributed by atoms with E-state index < -0.39 is 11.7 Å². The smallest absolute Gasteiger partial charge is 0.325 e. The number of alkyl halides is 3. The van der Waals surface area contributed by atoms with Crippen molar-refractivity contribution in [3.8, 4) is 0 Å². The second-order valence-electron chi connectivity index (χ2n) is 6.92. The molecule has 2 aliphatic heterocycles. The van der Waals surface area contributed by atoms with Crippen molar-refractivity contribution < 1.29 is 22.8 Å². The Morgan fingerprint density at radius 2 is 1.63 bits per heavy atom. The molecule has 0 aliphatic carbocycles. The minimum absolute atomic E-state index is 0.0267. The third-order valence-corrected chi connectivity index (χ3v) is 6.01. The first-order valence-electron chi connectivity index (χ1n) is 8.97. The standard InChI is InChI=1S/C18H21F3IN3O2/c19-18(20,21)13-3-4-14(22)15(11-13)23-16(26)12-5-9-25(10-6-12)17(27)24-7-1-2-8-24/h3-4,11-12H,1-2,5-10H2,(H,23,26). The Morgan fingerprint density at radius 1 is 1.04 bits per heavy atom. The number of rotatable bonds is 2. The number of likely N-dealkylation sites (tertiary alicyclic amines) is 2. The van der Waals surface area contributed by atoms with Crippen LogP contribution in [0.5, 0.6) is 0 Å². The van der Waals surface area contributed by atoms with Crippen LogP contribution in [0, 0.1) is 9.49 Å². The van der Waals surface area contributed by atoms with E-state index in [9.17, 15) is 22.8 Å². The minimum atomic E-state index is -4.45. The molecule has 148 valence electrons. The number of nitrogens with zero attached hydrogens (tertiary/aromatic N) is 2. The first-order chi connectivity index (χ1) is 12.8. The highest BCUT2D eigenvalue weighted by molar-refractivity contribution is 14.1. The Labute approximate surface area is 169 Å². The number of amides is 3. The van der Waals surface area contributed by atoms with Crippen LogP contribution in [0.25, 0.3) is 0 Å². The number of hydrogen-bond donors (Lipinski definition) is 1. The van der Waals surface area contributed by atoms with Crippen molar-refractivity contribution in [2.75, 3.05) is 31.5 Å². The number of carbonyl (C=O) groups excluding carboxylic acids is 2. The summed E-state index contributed by atoms with van der Waals surface area (Å²) in [4.78, 5) is 28.5. The summed E-state index contributed by atoms with van der Waals surface area (Å²) < 4.78 is 39.2. The molecule has 0 spiro atoms. The van der Waals surface area contributed by atoms with E-state index in [-0.39, 0.29) is 23.5 Å². The predicted molar refractivity (Wildman–Crippen MR) is 103 cm³/mol. The lowest BCUT2D eigenvalue weighted by molar-refractivity contribution is -0.137. The number of piperidine rings is 1. The van der Waals surface area contributed by atoms with Crippen molar-refractivity contribution in [3.05, 3.63) is 27.3 Å². The minimum Gasteiger partial charge on any atom is -0.325 e. The molecular weight excluding hydrogens is 474 g/mol. The average Bonchev–Trinajstić information content (AvgIpc) is 3.16. The van der Waals surface area contributed by atoms with Crippen molar-refractivity contribution >= 4 is 40.2 Å². The van der Waals surface area contributed by atoms with Gasteiger partial charge in [-0.3, -0.25) is 4.79 Å². The van der Waals surface area contributed by atoms with Crippen LogP contribution in [0.2, 0.25) is 0 Å². The monoisotopic (exact) mass is 495 g/mol. The van der Waals surface area contributed by atoms with Gasteiger partial charge < -0.3 is 15.1 Å². The molecule has 1 aromatic rings. The van der Waals surface area contributed by atoms with Gasteiger partial charge in [-0.25, -0.2) is 4.79 Å². The SMILES string of the molecule is O=C(Nc1cc(C(F)(F)F)ccc1I)C1CCN(C(=O)N2CCCC2)CC1. The molecular formula is C18H21F3IN3O2. The van der Waals surface area contributed by atoms with E-state index in [0.29, 0.717) is 29.5 Å². The van der Waals surface area contributed by atoms with Gasteiger partial charge >= 0.3 is 12.2 Å². The zero-order valence-corrected chi connectivity index (χ0v) is 16.8. The van der Waals surface area contributed by atoms with Gasteiger partial charge in [0.25, 0.3) is 0 Å². The normalized spacial score (nSPS) is 18.7. The maximum Gasteiger partial charge on any atom is 0.416 e. The summed E-state index contributed by atoms with van der Waals surface area (Å²) in [6, 6.07) is 3.33. The first-order valence-corrected chi connectivity index (χ1v) is 10.0. The van der Waals surface area contributed by atoms with Gasteiger partial charge in [0.1, 0.15) is 0 Å². The van der Waals surface area contributed by atoms with Crippen LogP contribution in [0.15, 0.2) is 18.2 Å². The topological polar surface area (TPSA) is 52.7 Å². The molecule has 0 saturated carbocycles. The fourth-order valence-electron chi connectivity index (χ4n) is 3.47. The van der Waals surface area contributed by atoms with Crippen LogP contribution in [-0.2, 0) is 11.0 Å². The third-order valence-electron chi connectivity index (χ3n) is 5.06. The molecule has 3 rings (SSSR count). The Balaban J connectivity index is 1.57. The summed E-state index contributed by atoms with van der Waals surface area (Å²) >= 11 is 1.90. The molecule has 2 aliphatic rings. The zero-order valence-electron chi connectivity index (χ0n) is 14.7. The van der Waals surface area contributed by atoms with E-state index in [0.717, 1.165) is 38.1 Å². The summed E-state index contributed by atoms with van der Waals surface area (Å²) in [6.45, 7) is 2.56. The highest BCUT2D eigenvalue weighted by Crippen LogP contribution is 2.33. The van der Waals surface area contributed by atoms with Crippen LogP contribution in [0.1, 0.15) is 31.2 Å². The Hall–Kier alpha value is -1.52. The summed E-state index contributed by atoms with van der Waals surface area (Å²) in [6.07, 6.45) is -1.37. The highest BCUT2D eigenvalue weighted by Gasteiger charge is 2.33. The van der Waals surface area contributed by atoms with Crippen LogP contribution in [0.4, 0.5) is 23.7 Å². The van der Waals surface area contributed by atoms with E-state index in [1.807, 2.05) is 27.5 Å². The molecule has 2 fully saturated rings. The van der Waals surface area contributed by atoms with Gasteiger partial charge in [0.05, 0.1) is 11.3 Å². The van der Waals surface area contributed by atoms with Crippen LogP contribution in [0.3, 0.4) is 0 Å². The lowest BCUT2D eigenvalue weighted by Crippen LogP contribution is -2.47. The van der Waals surface area contributed by atoms with E-state index in [4.69, 9.17) is 0 Å². The highest BCUT2D eigenvalue weighted by atomic mass is 127. The molecule has 27 heavy (non-hydrogen) atoms. The number of benzene rings is 1. The fourth-order valence-corrected chi connectivity index (χ4v) is 3.94. The molecule has 5 nitrogen and oxygen atoms in total. The maximum absolute atomic E-state index is 12.9. The quantitative estimate of drug-likeness (QED) is 0.627. The van der Waals surface area contributed by atoms with E-state index in [2.05, 4.69) is 5.32 Å². The maximum atomic E-state index is 12.9. The van der Waals surface area contributed by atoms with Gasteiger partial charge in [-0.15, -0.1) is 0 Å². The predicted octanol–water partition coefficient (Wildman–Crippen LogP) is 4.18. The number of halogens is 4. The Morgan fingerprint density at radius 3 is 2.22 bits per heavy atom. The molecule has 0 unspecified atom stereocenters. The Kier molecular flexibility index (Phi) is 6.17. The van der Waals surface area contributed by atoms with Gasteiger partial charge in [-0.1, -0.05) is 0 Å². The van der Waals surface area contributed by atoms with Gasteiger partial charge in [0.15, 0.2) is 0 Å². The van der Waals surface area contributed by atoms with Gasteiger partial charge in [-0.05, 0) is 66.5 Å². The molecule has 2 heterocycles. The number of nitrogens with one attached hydrogen (secondary N) is 1. The van der Waals surface area contributed by atoms with Crippen LogP contribution in [-0.4, -0.2) is 47.9 Å². The Bertz CT molecular complexity index is 712. The fraction of sp³-hybridized carbons (Fsp3) is 0.556. The lowest BCUT2D eigenvalue weighted by atomic mass is 9.96. The molecule has 1 N–H and O–H groups in total. The molecule has 3 amide bonds. The number of urea groups is 1. The second-order valence-corrected chi connectivity index (χ2v) is 8.08. The van der Waals surface area contributed by atoms with E-state index in [1.165, 1.54) is 6.07 Å². The summed E-state index contributed by atoms with van der Waals surface area (Å²) in [5.41, 5.74) is -0.616. The number of carbonyl (C=O) groups is 2. The zero-order chi connectivity index (χ0) is 19.6. The molecule has 0 bridgehead atoms. The molecule has 1 aromatic carbocycles. The molecule has 0 atom stereocenters. The van der Waals surface area contributed by atoms with Gasteiger partial charge in [0.2, 0.25) is 5.91 Å². The average molecular weight is 495 g/mol. The number of hydrogen-bond acceptors (Lipinski definition) is 2. The summed E-state index contributed by atoms with van der Waals surface area (Å²) in [5, 5.41) is 2.63. The van der Waals surface area contributed by atoms with E-state index in [1.54, 1.807) is 4.90 Å². The number of anilines is 1. The van der Waals surface area contributed by atoms with Gasteiger partial charge in [0, 0.05) is 35.7 Å². The molecule has 0 aromatic heterocycles. The lowest BCUT2D eigenvalue weighted by Gasteiger charge is -2.34. The van der Waals surface area contributed by atoms with Gasteiger partial charge in [-0.2, -0.15) is 13.2 Å². The second kappa shape index (κ2) is 8.24. The van der Waals surface area contributed by atoms with Crippen molar-refractivity contribution in [2.24, 2.45) is 5.92 Å². The van der Waals surface area contributed by atoms with Crippen molar-refractivity contribution in [2.45, 2.75) is 31.9 Å². The largest absolute Gasteiger partial charge is 0.416 e. The third kappa shape index (κ3) is 4.85. The molecule has 2 saturated heterocycles.